The number of rotatable bonds is 6. The number of carbonyl (C=O) groups excluding carboxylic acids is 1. The van der Waals surface area contributed by atoms with Gasteiger partial charge in [0.05, 0.1) is 0 Å². The maximum atomic E-state index is 11.8. The fourth-order valence-electron chi connectivity index (χ4n) is 2.16. The number of benzene rings is 1. The summed E-state index contributed by atoms with van der Waals surface area (Å²) in [6.07, 6.45) is -0.385. The molecule has 1 aromatic rings. The van der Waals surface area contributed by atoms with E-state index in [1.54, 1.807) is 0 Å². The molecule has 0 saturated heterocycles. The van der Waals surface area contributed by atoms with Gasteiger partial charge in [-0.2, -0.15) is 0 Å². The van der Waals surface area contributed by atoms with Crippen molar-refractivity contribution in [2.45, 2.75) is 59.2 Å². The molecule has 0 aliphatic rings. The fourth-order valence-corrected chi connectivity index (χ4v) is 2.29. The number of nitrogens with one attached hydrogen (secondary N) is 2. The maximum absolute atomic E-state index is 11.8. The minimum Gasteiger partial charge on any atom is -0.444 e. The lowest BCUT2D eigenvalue weighted by Gasteiger charge is -2.28. The largest absolute Gasteiger partial charge is 0.444 e. The Labute approximate surface area is 144 Å². The monoisotopic (exact) mass is 340 g/mol. The third-order valence-corrected chi connectivity index (χ3v) is 3.76. The van der Waals surface area contributed by atoms with Gasteiger partial charge in [0.15, 0.2) is 0 Å². The molecule has 0 aliphatic carbocycles. The summed E-state index contributed by atoms with van der Waals surface area (Å²) >= 11 is 5.93. The Morgan fingerprint density at radius 1 is 1.17 bits per heavy atom. The van der Waals surface area contributed by atoms with Crippen molar-refractivity contribution in [3.63, 3.8) is 0 Å². The molecule has 130 valence electrons. The van der Waals surface area contributed by atoms with Crippen molar-refractivity contribution in [1.82, 2.24) is 10.6 Å². The first-order chi connectivity index (χ1) is 10.6. The summed E-state index contributed by atoms with van der Waals surface area (Å²) in [5, 5.41) is 7.13. The van der Waals surface area contributed by atoms with E-state index in [4.69, 9.17) is 16.3 Å². The van der Waals surface area contributed by atoms with Gasteiger partial charge < -0.3 is 15.4 Å². The first-order valence-electron chi connectivity index (χ1n) is 8.07. The van der Waals surface area contributed by atoms with E-state index in [2.05, 4.69) is 31.4 Å². The number of alkyl carbamates (subject to hydrolysis) is 1. The Kier molecular flexibility index (Phi) is 7.36. The van der Waals surface area contributed by atoms with E-state index in [-0.39, 0.29) is 18.2 Å². The lowest BCUT2D eigenvalue weighted by atomic mass is 10.0. The molecule has 0 aromatic heterocycles. The first kappa shape index (κ1) is 19.8. The van der Waals surface area contributed by atoms with Crippen molar-refractivity contribution in [2.24, 2.45) is 5.92 Å². The predicted molar refractivity (Wildman–Crippen MR) is 95.9 cm³/mol. The van der Waals surface area contributed by atoms with Gasteiger partial charge in [0.2, 0.25) is 0 Å². The summed E-state index contributed by atoms with van der Waals surface area (Å²) in [6, 6.07) is 8.11. The predicted octanol–water partition coefficient (Wildman–Crippen LogP) is 4.54. The molecular formula is C18H29ClN2O2. The van der Waals surface area contributed by atoms with Crippen LogP contribution in [0.2, 0.25) is 5.02 Å². The summed E-state index contributed by atoms with van der Waals surface area (Å²) in [7, 11) is 0. The fraction of sp³-hybridized carbons (Fsp3) is 0.611. The summed E-state index contributed by atoms with van der Waals surface area (Å²) in [6.45, 7) is 12.4. The number of halogens is 1. The molecule has 0 aliphatic heterocycles. The van der Waals surface area contributed by atoms with Crippen LogP contribution in [0.3, 0.4) is 0 Å². The van der Waals surface area contributed by atoms with Gasteiger partial charge in [-0.15, -0.1) is 0 Å². The SMILES string of the molecule is CC(NC(CNC(=O)OC(C)(C)C)C(C)C)c1ccc(Cl)cc1. The van der Waals surface area contributed by atoms with E-state index in [9.17, 15) is 4.79 Å². The summed E-state index contributed by atoms with van der Waals surface area (Å²) in [5.41, 5.74) is 0.679. The van der Waals surface area contributed by atoms with Crippen molar-refractivity contribution in [2.75, 3.05) is 6.54 Å². The lowest BCUT2D eigenvalue weighted by Crippen LogP contribution is -2.46. The quantitative estimate of drug-likeness (QED) is 0.799. The van der Waals surface area contributed by atoms with E-state index in [0.717, 1.165) is 10.6 Å². The third kappa shape index (κ3) is 7.71. The van der Waals surface area contributed by atoms with Crippen molar-refractivity contribution < 1.29 is 9.53 Å². The van der Waals surface area contributed by atoms with Crippen molar-refractivity contribution in [1.29, 1.82) is 0 Å². The van der Waals surface area contributed by atoms with Crippen molar-refractivity contribution in [3.05, 3.63) is 34.9 Å². The Hall–Kier alpha value is -1.26. The van der Waals surface area contributed by atoms with Crippen LogP contribution >= 0.6 is 11.6 Å². The topological polar surface area (TPSA) is 50.4 Å². The van der Waals surface area contributed by atoms with Crippen molar-refractivity contribution in [3.8, 4) is 0 Å². The van der Waals surface area contributed by atoms with E-state index in [1.165, 1.54) is 0 Å². The zero-order chi connectivity index (χ0) is 17.6. The highest BCUT2D eigenvalue weighted by Gasteiger charge is 2.20. The molecule has 1 amide bonds. The van der Waals surface area contributed by atoms with Gasteiger partial charge in [0.1, 0.15) is 5.60 Å². The Morgan fingerprint density at radius 2 is 1.74 bits per heavy atom. The van der Waals surface area contributed by atoms with Crippen LogP contribution < -0.4 is 10.6 Å². The zero-order valence-electron chi connectivity index (χ0n) is 14.9. The molecular weight excluding hydrogens is 312 g/mol. The summed E-state index contributed by atoms with van der Waals surface area (Å²) in [5.74, 6) is 0.375. The molecule has 4 nitrogen and oxygen atoms in total. The highest BCUT2D eigenvalue weighted by Crippen LogP contribution is 2.18. The van der Waals surface area contributed by atoms with Crippen molar-refractivity contribution >= 4 is 17.7 Å². The molecule has 23 heavy (non-hydrogen) atoms. The Balaban J connectivity index is 2.58. The average Bonchev–Trinajstić information content (AvgIpc) is 2.41. The van der Waals surface area contributed by atoms with Crippen LogP contribution in [0.1, 0.15) is 53.1 Å². The molecule has 0 fully saturated rings. The van der Waals surface area contributed by atoms with Gasteiger partial charge in [-0.1, -0.05) is 37.6 Å². The number of hydrogen-bond donors (Lipinski definition) is 2. The van der Waals surface area contributed by atoms with Crippen LogP contribution in [0.25, 0.3) is 0 Å². The minimum atomic E-state index is -0.485. The number of amides is 1. The molecule has 1 aromatic carbocycles. The number of hydrogen-bond acceptors (Lipinski definition) is 3. The summed E-state index contributed by atoms with van der Waals surface area (Å²) in [4.78, 5) is 11.8. The third-order valence-electron chi connectivity index (χ3n) is 3.50. The van der Waals surface area contributed by atoms with Gasteiger partial charge in [-0.25, -0.2) is 4.79 Å². The van der Waals surface area contributed by atoms with Gasteiger partial charge in [-0.3, -0.25) is 0 Å². The molecule has 2 atom stereocenters. The van der Waals surface area contributed by atoms with Crippen LogP contribution in [-0.4, -0.2) is 24.3 Å². The average molecular weight is 341 g/mol. The second-order valence-electron chi connectivity index (χ2n) is 7.17. The molecule has 0 spiro atoms. The normalized spacial score (nSPS) is 14.4. The van der Waals surface area contributed by atoms with Gasteiger partial charge in [0.25, 0.3) is 0 Å². The maximum Gasteiger partial charge on any atom is 0.407 e. The molecule has 2 unspecified atom stereocenters. The summed E-state index contributed by atoms with van der Waals surface area (Å²) < 4.78 is 5.28. The molecule has 0 heterocycles. The molecule has 0 bridgehead atoms. The van der Waals surface area contributed by atoms with Gasteiger partial charge in [-0.05, 0) is 51.3 Å². The molecule has 1 rings (SSSR count). The lowest BCUT2D eigenvalue weighted by molar-refractivity contribution is 0.0518. The van der Waals surface area contributed by atoms with E-state index in [0.29, 0.717) is 12.5 Å². The smallest absolute Gasteiger partial charge is 0.407 e. The van der Waals surface area contributed by atoms with Crippen LogP contribution in [0, 0.1) is 5.92 Å². The van der Waals surface area contributed by atoms with Gasteiger partial charge >= 0.3 is 6.09 Å². The molecule has 2 N–H and O–H groups in total. The zero-order valence-corrected chi connectivity index (χ0v) is 15.7. The highest BCUT2D eigenvalue weighted by molar-refractivity contribution is 6.30. The Morgan fingerprint density at radius 3 is 2.22 bits per heavy atom. The van der Waals surface area contributed by atoms with Gasteiger partial charge in [0, 0.05) is 23.7 Å². The molecule has 5 heteroatoms. The number of carbonyl (C=O) groups is 1. The molecule has 0 radical (unpaired) electrons. The van der Waals surface area contributed by atoms with Crippen LogP contribution in [-0.2, 0) is 4.74 Å². The Bertz CT molecular complexity index is 495. The van der Waals surface area contributed by atoms with E-state index >= 15 is 0 Å². The van der Waals surface area contributed by atoms with Crippen LogP contribution in [0.5, 0.6) is 0 Å². The number of ether oxygens (including phenoxy) is 1. The van der Waals surface area contributed by atoms with Crippen LogP contribution in [0.4, 0.5) is 4.79 Å². The second-order valence-corrected chi connectivity index (χ2v) is 7.61. The minimum absolute atomic E-state index is 0.146. The van der Waals surface area contributed by atoms with E-state index in [1.807, 2.05) is 45.0 Å². The standard InChI is InChI=1S/C18H29ClN2O2/c1-12(2)16(11-20-17(22)23-18(4,5)6)21-13(3)14-7-9-15(19)10-8-14/h7-10,12-13,16,21H,11H2,1-6H3,(H,20,22). The van der Waals surface area contributed by atoms with Crippen LogP contribution in [0.15, 0.2) is 24.3 Å². The van der Waals surface area contributed by atoms with E-state index < -0.39 is 5.60 Å². The molecule has 0 saturated carbocycles. The first-order valence-corrected chi connectivity index (χ1v) is 8.44. The second kappa shape index (κ2) is 8.55. The highest BCUT2D eigenvalue weighted by atomic mass is 35.5.